The van der Waals surface area contributed by atoms with E-state index in [0.29, 0.717) is 10.5 Å². The third-order valence-corrected chi connectivity index (χ3v) is 4.55. The number of hydrogen-bond donors (Lipinski definition) is 2. The summed E-state index contributed by atoms with van der Waals surface area (Å²) in [6.45, 7) is 0.751. The van der Waals surface area contributed by atoms with Crippen molar-refractivity contribution < 1.29 is 23.2 Å². The molecular weight excluding hydrogens is 380 g/mol. The van der Waals surface area contributed by atoms with Crippen molar-refractivity contribution in [3.8, 4) is 0 Å². The Kier molecular flexibility index (Phi) is 4.84. The molecule has 0 spiro atoms. The summed E-state index contributed by atoms with van der Waals surface area (Å²) in [4.78, 5) is 37.8. The van der Waals surface area contributed by atoms with E-state index in [1.165, 1.54) is 6.92 Å². The molecule has 1 fully saturated rings. The standard InChI is InChI=1S/C18H14ClF2N3O3/c1-18(10-5-2-3-6-11(10)19)16(26)24(17(27)23-18)9-14(25)22-15-12(20)7-4-8-13(15)21/h2-8H,9H2,1H3,(H,22,25)(H,23,27)/t18-/m0/s1. The molecule has 2 aromatic carbocycles. The van der Waals surface area contributed by atoms with E-state index in [4.69, 9.17) is 11.6 Å². The molecule has 1 saturated heterocycles. The third-order valence-electron chi connectivity index (χ3n) is 4.22. The molecule has 6 nitrogen and oxygen atoms in total. The van der Waals surface area contributed by atoms with Gasteiger partial charge in [-0.15, -0.1) is 0 Å². The number of para-hydroxylation sites is 1. The van der Waals surface area contributed by atoms with Crippen molar-refractivity contribution >= 4 is 35.1 Å². The van der Waals surface area contributed by atoms with Crippen LogP contribution >= 0.6 is 11.6 Å². The molecule has 1 aliphatic rings. The van der Waals surface area contributed by atoms with E-state index >= 15 is 0 Å². The maximum atomic E-state index is 13.6. The fraction of sp³-hybridized carbons (Fsp3) is 0.167. The van der Waals surface area contributed by atoms with Crippen LogP contribution in [0, 0.1) is 11.6 Å². The van der Waals surface area contributed by atoms with Crippen molar-refractivity contribution in [3.05, 3.63) is 64.7 Å². The van der Waals surface area contributed by atoms with Gasteiger partial charge in [0, 0.05) is 10.6 Å². The second-order valence-corrected chi connectivity index (χ2v) is 6.48. The second-order valence-electron chi connectivity index (χ2n) is 6.07. The zero-order valence-corrected chi connectivity index (χ0v) is 14.8. The van der Waals surface area contributed by atoms with Crippen molar-refractivity contribution in [2.75, 3.05) is 11.9 Å². The van der Waals surface area contributed by atoms with Crippen LogP contribution in [0.2, 0.25) is 5.02 Å². The normalized spacial score (nSPS) is 19.2. The molecule has 27 heavy (non-hydrogen) atoms. The Morgan fingerprint density at radius 2 is 1.78 bits per heavy atom. The Hall–Kier alpha value is -3.00. The number of hydrogen-bond acceptors (Lipinski definition) is 3. The van der Waals surface area contributed by atoms with Crippen LogP contribution in [-0.2, 0) is 15.1 Å². The summed E-state index contributed by atoms with van der Waals surface area (Å²) in [5, 5.41) is 4.81. The SMILES string of the molecule is C[C@@]1(c2ccccc2Cl)NC(=O)N(CC(=O)Nc2c(F)cccc2F)C1=O. The number of halogens is 3. The van der Waals surface area contributed by atoms with E-state index in [1.807, 2.05) is 5.32 Å². The minimum Gasteiger partial charge on any atom is -0.320 e. The molecule has 140 valence electrons. The fourth-order valence-electron chi connectivity index (χ4n) is 2.83. The highest BCUT2D eigenvalue weighted by molar-refractivity contribution is 6.32. The highest BCUT2D eigenvalue weighted by atomic mass is 35.5. The van der Waals surface area contributed by atoms with Gasteiger partial charge in [-0.25, -0.2) is 13.6 Å². The van der Waals surface area contributed by atoms with Crippen LogP contribution in [0.1, 0.15) is 12.5 Å². The zero-order valence-electron chi connectivity index (χ0n) is 14.1. The average Bonchev–Trinajstić information content (AvgIpc) is 2.82. The van der Waals surface area contributed by atoms with Crippen LogP contribution in [0.5, 0.6) is 0 Å². The second kappa shape index (κ2) is 6.96. The summed E-state index contributed by atoms with van der Waals surface area (Å²) in [6.07, 6.45) is 0. The minimum atomic E-state index is -1.46. The van der Waals surface area contributed by atoms with Gasteiger partial charge in [-0.2, -0.15) is 0 Å². The quantitative estimate of drug-likeness (QED) is 0.784. The number of anilines is 1. The van der Waals surface area contributed by atoms with Gasteiger partial charge in [0.25, 0.3) is 5.91 Å². The molecule has 3 rings (SSSR count). The Labute approximate surface area is 158 Å². The van der Waals surface area contributed by atoms with E-state index < -0.39 is 47.3 Å². The molecule has 0 aliphatic carbocycles. The molecular formula is C18H14ClF2N3O3. The van der Waals surface area contributed by atoms with E-state index in [-0.39, 0.29) is 5.02 Å². The molecule has 0 aromatic heterocycles. The monoisotopic (exact) mass is 393 g/mol. The van der Waals surface area contributed by atoms with Gasteiger partial charge in [0.2, 0.25) is 5.91 Å². The fourth-order valence-corrected chi connectivity index (χ4v) is 3.15. The van der Waals surface area contributed by atoms with Crippen molar-refractivity contribution in [2.24, 2.45) is 0 Å². The average molecular weight is 394 g/mol. The van der Waals surface area contributed by atoms with Crippen molar-refractivity contribution in [3.63, 3.8) is 0 Å². The molecule has 9 heteroatoms. The minimum absolute atomic E-state index is 0.272. The van der Waals surface area contributed by atoms with Crippen LogP contribution in [0.15, 0.2) is 42.5 Å². The lowest BCUT2D eigenvalue weighted by Gasteiger charge is -2.23. The number of nitrogens with zero attached hydrogens (tertiary/aromatic N) is 1. The lowest BCUT2D eigenvalue weighted by atomic mass is 9.92. The molecule has 2 aromatic rings. The molecule has 0 bridgehead atoms. The number of urea groups is 1. The van der Waals surface area contributed by atoms with Crippen LogP contribution < -0.4 is 10.6 Å². The summed E-state index contributed by atoms with van der Waals surface area (Å²) < 4.78 is 27.3. The van der Waals surface area contributed by atoms with Crippen LogP contribution in [0.3, 0.4) is 0 Å². The molecule has 0 radical (unpaired) electrons. The first-order valence-electron chi connectivity index (χ1n) is 7.87. The van der Waals surface area contributed by atoms with E-state index in [0.717, 1.165) is 18.2 Å². The smallest absolute Gasteiger partial charge is 0.320 e. The maximum absolute atomic E-state index is 13.6. The topological polar surface area (TPSA) is 78.5 Å². The number of nitrogens with one attached hydrogen (secondary N) is 2. The van der Waals surface area contributed by atoms with E-state index in [2.05, 4.69) is 5.32 Å². The van der Waals surface area contributed by atoms with Gasteiger partial charge in [-0.1, -0.05) is 35.9 Å². The summed E-state index contributed by atoms with van der Waals surface area (Å²) in [5.74, 6) is -3.57. The molecule has 1 heterocycles. The van der Waals surface area contributed by atoms with Gasteiger partial charge < -0.3 is 10.6 Å². The number of imide groups is 1. The van der Waals surface area contributed by atoms with Crippen molar-refractivity contribution in [1.29, 1.82) is 0 Å². The molecule has 4 amide bonds. The molecule has 0 saturated carbocycles. The van der Waals surface area contributed by atoms with Gasteiger partial charge in [0.15, 0.2) is 0 Å². The molecule has 0 unspecified atom stereocenters. The Morgan fingerprint density at radius 1 is 1.15 bits per heavy atom. The zero-order chi connectivity index (χ0) is 19.8. The Balaban J connectivity index is 1.80. The number of rotatable bonds is 4. The van der Waals surface area contributed by atoms with Gasteiger partial charge in [-0.05, 0) is 25.1 Å². The molecule has 1 aliphatic heterocycles. The lowest BCUT2D eigenvalue weighted by Crippen LogP contribution is -2.42. The first kappa shape index (κ1) is 18.8. The summed E-state index contributed by atoms with van der Waals surface area (Å²) >= 11 is 6.12. The van der Waals surface area contributed by atoms with E-state index in [1.54, 1.807) is 24.3 Å². The molecule has 2 N–H and O–H groups in total. The highest BCUT2D eigenvalue weighted by Gasteiger charge is 2.50. The Morgan fingerprint density at radius 3 is 2.41 bits per heavy atom. The summed E-state index contributed by atoms with van der Waals surface area (Å²) in [5.41, 5.74) is -1.74. The Bertz CT molecular complexity index is 933. The van der Waals surface area contributed by atoms with Crippen LogP contribution in [0.4, 0.5) is 19.3 Å². The number of carbonyl (C=O) groups excluding carboxylic acids is 3. The molecule has 1 atom stereocenters. The van der Waals surface area contributed by atoms with Gasteiger partial charge in [0.05, 0.1) is 0 Å². The number of carbonyl (C=O) groups is 3. The summed E-state index contributed by atoms with van der Waals surface area (Å²) in [7, 11) is 0. The first-order valence-corrected chi connectivity index (χ1v) is 8.25. The number of amides is 4. The highest BCUT2D eigenvalue weighted by Crippen LogP contribution is 2.33. The van der Waals surface area contributed by atoms with Crippen molar-refractivity contribution in [1.82, 2.24) is 10.2 Å². The van der Waals surface area contributed by atoms with Gasteiger partial charge in [0.1, 0.15) is 29.4 Å². The van der Waals surface area contributed by atoms with E-state index in [9.17, 15) is 23.2 Å². The first-order chi connectivity index (χ1) is 12.7. The van der Waals surface area contributed by atoms with Crippen LogP contribution in [-0.4, -0.2) is 29.3 Å². The van der Waals surface area contributed by atoms with Gasteiger partial charge in [-0.3, -0.25) is 14.5 Å². The maximum Gasteiger partial charge on any atom is 0.325 e. The summed E-state index contributed by atoms with van der Waals surface area (Å²) in [6, 6.07) is 8.75. The number of benzene rings is 2. The predicted octanol–water partition coefficient (Wildman–Crippen LogP) is 3.02. The van der Waals surface area contributed by atoms with Gasteiger partial charge >= 0.3 is 6.03 Å². The van der Waals surface area contributed by atoms with Crippen molar-refractivity contribution in [2.45, 2.75) is 12.5 Å². The lowest BCUT2D eigenvalue weighted by molar-refractivity contribution is -0.133. The predicted molar refractivity (Wildman–Crippen MR) is 94.0 cm³/mol. The third kappa shape index (κ3) is 3.35. The van der Waals surface area contributed by atoms with Crippen LogP contribution in [0.25, 0.3) is 0 Å². The largest absolute Gasteiger partial charge is 0.325 e.